The molecule has 0 spiro atoms. The summed E-state index contributed by atoms with van der Waals surface area (Å²) in [4.78, 5) is 0. The maximum Gasteiger partial charge on any atom is 0.197 e. The number of nitrogens with one attached hydrogen (secondary N) is 1. The van der Waals surface area contributed by atoms with Crippen LogP contribution in [0.3, 0.4) is 0 Å². The Morgan fingerprint density at radius 1 is 1.27 bits per heavy atom. The van der Waals surface area contributed by atoms with Gasteiger partial charge >= 0.3 is 0 Å². The highest BCUT2D eigenvalue weighted by atomic mass is 19.1. The number of rotatable bonds is 0. The van der Waals surface area contributed by atoms with E-state index in [9.17, 15) is 4.39 Å². The van der Waals surface area contributed by atoms with Crippen LogP contribution in [0.2, 0.25) is 0 Å². The molecular formula is C11H12FNO2. The van der Waals surface area contributed by atoms with Crippen molar-refractivity contribution in [3.05, 3.63) is 17.4 Å². The van der Waals surface area contributed by atoms with E-state index in [-0.39, 0.29) is 11.6 Å². The first-order valence-corrected chi connectivity index (χ1v) is 5.21. The van der Waals surface area contributed by atoms with Crippen LogP contribution in [-0.2, 0) is 6.42 Å². The van der Waals surface area contributed by atoms with Gasteiger partial charge in [-0.05, 0) is 12.8 Å². The first kappa shape index (κ1) is 8.83. The molecule has 4 heteroatoms. The summed E-state index contributed by atoms with van der Waals surface area (Å²) in [6, 6.07) is 1.84. The summed E-state index contributed by atoms with van der Waals surface area (Å²) in [6.07, 6.45) is 1.73. The van der Waals surface area contributed by atoms with E-state index in [1.807, 2.05) is 6.07 Å². The van der Waals surface area contributed by atoms with Crippen LogP contribution in [-0.4, -0.2) is 19.8 Å². The van der Waals surface area contributed by atoms with Crippen molar-refractivity contribution in [2.75, 3.05) is 25.1 Å². The Labute approximate surface area is 87.2 Å². The summed E-state index contributed by atoms with van der Waals surface area (Å²) in [7, 11) is 0. The zero-order chi connectivity index (χ0) is 10.3. The summed E-state index contributed by atoms with van der Waals surface area (Å²) in [6.45, 7) is 1.81. The van der Waals surface area contributed by atoms with E-state index >= 15 is 0 Å². The van der Waals surface area contributed by atoms with Crippen LogP contribution in [0.5, 0.6) is 11.5 Å². The summed E-state index contributed by atoms with van der Waals surface area (Å²) in [5.74, 6) is 0.546. The molecule has 0 saturated carbocycles. The molecule has 0 saturated heterocycles. The molecule has 0 fully saturated rings. The minimum absolute atomic E-state index is 0.255. The van der Waals surface area contributed by atoms with Gasteiger partial charge in [-0.2, -0.15) is 0 Å². The van der Waals surface area contributed by atoms with E-state index in [1.165, 1.54) is 0 Å². The fraction of sp³-hybridized carbons (Fsp3) is 0.455. The summed E-state index contributed by atoms with van der Waals surface area (Å²) in [5.41, 5.74) is 1.58. The highest BCUT2D eigenvalue weighted by Crippen LogP contribution is 2.40. The number of halogens is 1. The van der Waals surface area contributed by atoms with Crippen molar-refractivity contribution < 1.29 is 13.9 Å². The predicted molar refractivity (Wildman–Crippen MR) is 54.2 cm³/mol. The maximum atomic E-state index is 14.0. The molecule has 0 unspecified atom stereocenters. The molecule has 1 N–H and O–H groups in total. The molecule has 1 aromatic rings. The zero-order valence-electron chi connectivity index (χ0n) is 8.31. The first-order chi connectivity index (χ1) is 7.36. The number of benzene rings is 1. The molecule has 0 radical (unpaired) electrons. The molecule has 3 nitrogen and oxygen atoms in total. The Bertz CT molecular complexity index is 372. The minimum atomic E-state index is -0.255. The lowest BCUT2D eigenvalue weighted by molar-refractivity contribution is 0.164. The molecular weight excluding hydrogens is 197 g/mol. The van der Waals surface area contributed by atoms with Gasteiger partial charge in [0.15, 0.2) is 17.3 Å². The van der Waals surface area contributed by atoms with Crippen molar-refractivity contribution in [3.8, 4) is 11.5 Å². The molecule has 2 aliphatic heterocycles. The monoisotopic (exact) mass is 209 g/mol. The summed E-state index contributed by atoms with van der Waals surface area (Å²) >= 11 is 0. The van der Waals surface area contributed by atoms with Crippen LogP contribution in [0.1, 0.15) is 12.0 Å². The average molecular weight is 209 g/mol. The third-order valence-corrected chi connectivity index (χ3v) is 2.79. The van der Waals surface area contributed by atoms with Crippen LogP contribution in [0.25, 0.3) is 0 Å². The molecule has 0 atom stereocenters. The quantitative estimate of drug-likeness (QED) is 0.708. The minimum Gasteiger partial charge on any atom is -0.486 e. The normalized spacial score (nSPS) is 17.9. The van der Waals surface area contributed by atoms with E-state index in [4.69, 9.17) is 9.47 Å². The number of ether oxygens (including phenoxy) is 2. The second kappa shape index (κ2) is 3.29. The van der Waals surface area contributed by atoms with Gasteiger partial charge < -0.3 is 14.8 Å². The van der Waals surface area contributed by atoms with Gasteiger partial charge in [0.25, 0.3) is 0 Å². The number of anilines is 1. The van der Waals surface area contributed by atoms with Crippen molar-refractivity contribution in [2.24, 2.45) is 0 Å². The van der Waals surface area contributed by atoms with Gasteiger partial charge in [-0.1, -0.05) is 0 Å². The number of hydrogen-bond acceptors (Lipinski definition) is 3. The van der Waals surface area contributed by atoms with E-state index in [2.05, 4.69) is 5.32 Å². The zero-order valence-corrected chi connectivity index (χ0v) is 8.31. The van der Waals surface area contributed by atoms with Crippen LogP contribution in [0.4, 0.5) is 10.1 Å². The highest BCUT2D eigenvalue weighted by Gasteiger charge is 2.24. The van der Waals surface area contributed by atoms with E-state index < -0.39 is 0 Å². The lowest BCUT2D eigenvalue weighted by atomic mass is 10.0. The molecule has 0 bridgehead atoms. The van der Waals surface area contributed by atoms with Crippen LogP contribution in [0, 0.1) is 5.82 Å². The second-order valence-corrected chi connectivity index (χ2v) is 3.77. The van der Waals surface area contributed by atoms with Crippen LogP contribution in [0.15, 0.2) is 6.07 Å². The van der Waals surface area contributed by atoms with Crippen molar-refractivity contribution in [3.63, 3.8) is 0 Å². The third kappa shape index (κ3) is 1.32. The van der Waals surface area contributed by atoms with E-state index in [1.54, 1.807) is 0 Å². The van der Waals surface area contributed by atoms with Crippen molar-refractivity contribution in [1.82, 2.24) is 0 Å². The summed E-state index contributed by atoms with van der Waals surface area (Å²) in [5, 5.41) is 3.18. The fourth-order valence-electron chi connectivity index (χ4n) is 2.07. The highest BCUT2D eigenvalue weighted by molar-refractivity contribution is 5.63. The second-order valence-electron chi connectivity index (χ2n) is 3.77. The van der Waals surface area contributed by atoms with Gasteiger partial charge in [-0.3, -0.25) is 0 Å². The molecule has 0 amide bonds. The van der Waals surface area contributed by atoms with E-state index in [0.29, 0.717) is 19.0 Å². The van der Waals surface area contributed by atoms with Crippen LogP contribution < -0.4 is 14.8 Å². The fourth-order valence-corrected chi connectivity index (χ4v) is 2.07. The van der Waals surface area contributed by atoms with E-state index in [0.717, 1.165) is 30.6 Å². The predicted octanol–water partition coefficient (Wildman–Crippen LogP) is 1.95. The van der Waals surface area contributed by atoms with Crippen molar-refractivity contribution >= 4 is 5.69 Å². The number of fused-ring (bicyclic) bond motifs is 2. The summed E-state index contributed by atoms with van der Waals surface area (Å²) < 4.78 is 24.6. The smallest absolute Gasteiger partial charge is 0.197 e. The molecule has 80 valence electrons. The molecule has 1 aromatic carbocycles. The van der Waals surface area contributed by atoms with Crippen molar-refractivity contribution in [1.29, 1.82) is 0 Å². The Kier molecular flexibility index (Phi) is 1.94. The topological polar surface area (TPSA) is 30.5 Å². The molecule has 0 aliphatic carbocycles. The standard InChI is InChI=1S/C11H12FNO2/c12-10-7-2-1-3-13-8(7)6-9-11(10)15-5-4-14-9/h6,13H,1-5H2. The molecule has 0 aromatic heterocycles. The van der Waals surface area contributed by atoms with Crippen LogP contribution >= 0.6 is 0 Å². The molecule has 15 heavy (non-hydrogen) atoms. The van der Waals surface area contributed by atoms with Gasteiger partial charge in [0.05, 0.1) is 0 Å². The Morgan fingerprint density at radius 3 is 3.07 bits per heavy atom. The van der Waals surface area contributed by atoms with Gasteiger partial charge in [-0.15, -0.1) is 0 Å². The molecule has 2 heterocycles. The third-order valence-electron chi connectivity index (χ3n) is 2.79. The lowest BCUT2D eigenvalue weighted by Gasteiger charge is -2.25. The maximum absolute atomic E-state index is 14.0. The first-order valence-electron chi connectivity index (χ1n) is 5.21. The Balaban J connectivity index is 2.16. The lowest BCUT2D eigenvalue weighted by Crippen LogP contribution is -2.20. The molecule has 3 rings (SSSR count). The van der Waals surface area contributed by atoms with Gasteiger partial charge in [0.1, 0.15) is 13.2 Å². The van der Waals surface area contributed by atoms with Crippen molar-refractivity contribution in [2.45, 2.75) is 12.8 Å². The Hall–Kier alpha value is -1.45. The van der Waals surface area contributed by atoms with Gasteiger partial charge in [-0.25, -0.2) is 4.39 Å². The Morgan fingerprint density at radius 2 is 2.13 bits per heavy atom. The average Bonchev–Trinajstić information content (AvgIpc) is 2.30. The SMILES string of the molecule is Fc1c2c(cc3c1OCCO3)NCCC2. The van der Waals surface area contributed by atoms with Gasteiger partial charge in [0.2, 0.25) is 0 Å². The van der Waals surface area contributed by atoms with Gasteiger partial charge in [0, 0.05) is 23.9 Å². The largest absolute Gasteiger partial charge is 0.486 e. The number of hydrogen-bond donors (Lipinski definition) is 1. The molecule has 2 aliphatic rings.